The van der Waals surface area contributed by atoms with E-state index < -0.39 is 17.7 Å². The molecule has 0 aromatic heterocycles. The Morgan fingerprint density at radius 3 is 2.52 bits per heavy atom. The van der Waals surface area contributed by atoms with Gasteiger partial charge in [-0.1, -0.05) is 0 Å². The van der Waals surface area contributed by atoms with Gasteiger partial charge in [0.1, 0.15) is 0 Å². The van der Waals surface area contributed by atoms with E-state index in [0.717, 1.165) is 38.1 Å². The Bertz CT molecular complexity index is 557. The van der Waals surface area contributed by atoms with Crippen LogP contribution in [0.3, 0.4) is 0 Å². The van der Waals surface area contributed by atoms with Gasteiger partial charge in [-0.25, -0.2) is 13.6 Å². The quantitative estimate of drug-likeness (QED) is 0.799. The number of hydrogen-bond donors (Lipinski definition) is 0. The molecule has 2 aliphatic rings. The van der Waals surface area contributed by atoms with Crippen LogP contribution in [0.15, 0.2) is 18.2 Å². The molecule has 0 bridgehead atoms. The number of amides is 1. The number of piperidine rings is 1. The van der Waals surface area contributed by atoms with E-state index in [2.05, 4.69) is 4.90 Å². The van der Waals surface area contributed by atoms with Gasteiger partial charge in [0, 0.05) is 25.6 Å². The lowest BCUT2D eigenvalue weighted by Gasteiger charge is -2.50. The number of ether oxygens (including phenoxy) is 1. The number of anilines is 1. The summed E-state index contributed by atoms with van der Waals surface area (Å²) in [5, 5.41) is 0. The van der Waals surface area contributed by atoms with Gasteiger partial charge in [-0.05, 0) is 32.0 Å². The Balaban J connectivity index is 1.98. The van der Waals surface area contributed by atoms with Crippen molar-refractivity contribution in [3.05, 3.63) is 29.8 Å². The highest BCUT2D eigenvalue weighted by molar-refractivity contribution is 5.90. The summed E-state index contributed by atoms with van der Waals surface area (Å²) in [4.78, 5) is 15.9. The average molecular weight is 296 g/mol. The second kappa shape index (κ2) is 5.26. The fraction of sp³-hybridized carbons (Fsp3) is 0.533. The summed E-state index contributed by atoms with van der Waals surface area (Å²) in [6.45, 7) is 2.11. The van der Waals surface area contributed by atoms with Crippen molar-refractivity contribution >= 4 is 11.8 Å². The number of carbonyl (C=O) groups is 1. The highest BCUT2D eigenvalue weighted by Crippen LogP contribution is 2.39. The highest BCUT2D eigenvalue weighted by atomic mass is 19.2. The summed E-state index contributed by atoms with van der Waals surface area (Å²) in [6, 6.07) is 3.56. The molecule has 1 spiro atoms. The van der Waals surface area contributed by atoms with Crippen LogP contribution in [0, 0.1) is 11.6 Å². The second-order valence-electron chi connectivity index (χ2n) is 5.83. The number of benzene rings is 1. The van der Waals surface area contributed by atoms with Gasteiger partial charge in [-0.3, -0.25) is 4.90 Å². The van der Waals surface area contributed by atoms with Crippen LogP contribution in [0.1, 0.15) is 19.3 Å². The van der Waals surface area contributed by atoms with Crippen LogP contribution in [-0.2, 0) is 4.74 Å². The summed E-state index contributed by atoms with van der Waals surface area (Å²) < 4.78 is 31.8. The van der Waals surface area contributed by atoms with Gasteiger partial charge in [0.15, 0.2) is 11.6 Å². The summed E-state index contributed by atoms with van der Waals surface area (Å²) in [5.41, 5.74) is 0.00898. The van der Waals surface area contributed by atoms with E-state index in [1.165, 1.54) is 11.0 Å². The molecule has 1 aromatic rings. The molecule has 0 atom stereocenters. The Kier molecular flexibility index (Phi) is 3.57. The van der Waals surface area contributed by atoms with Gasteiger partial charge in [-0.2, -0.15) is 0 Å². The highest BCUT2D eigenvalue weighted by Gasteiger charge is 2.46. The summed E-state index contributed by atoms with van der Waals surface area (Å²) in [6.07, 6.45) is 1.85. The predicted molar refractivity (Wildman–Crippen MR) is 74.3 cm³/mol. The maximum atomic E-state index is 13.5. The van der Waals surface area contributed by atoms with Gasteiger partial charge in [0.2, 0.25) is 0 Å². The van der Waals surface area contributed by atoms with Crippen LogP contribution in [0.25, 0.3) is 0 Å². The van der Waals surface area contributed by atoms with Crippen molar-refractivity contribution in [3.63, 3.8) is 0 Å². The summed E-state index contributed by atoms with van der Waals surface area (Å²) >= 11 is 0. The van der Waals surface area contributed by atoms with E-state index >= 15 is 0 Å². The van der Waals surface area contributed by atoms with E-state index in [4.69, 9.17) is 4.74 Å². The van der Waals surface area contributed by atoms with Gasteiger partial charge in [0.25, 0.3) is 0 Å². The molecule has 2 saturated heterocycles. The standard InChI is InChI=1S/C15H18F2N2O2/c1-18-7-4-15(5-8-18)6-9-21-14(20)19(15)11-2-3-12(16)13(17)10-11/h2-3,10H,4-9H2,1H3. The zero-order valence-corrected chi connectivity index (χ0v) is 11.9. The molecule has 2 fully saturated rings. The van der Waals surface area contributed by atoms with E-state index in [1.54, 1.807) is 0 Å². The average Bonchev–Trinajstić information content (AvgIpc) is 2.46. The van der Waals surface area contributed by atoms with Gasteiger partial charge < -0.3 is 9.64 Å². The summed E-state index contributed by atoms with van der Waals surface area (Å²) in [7, 11) is 2.04. The molecule has 4 nitrogen and oxygen atoms in total. The number of likely N-dealkylation sites (tertiary alicyclic amines) is 1. The third kappa shape index (κ3) is 2.48. The zero-order valence-electron chi connectivity index (χ0n) is 11.9. The predicted octanol–water partition coefficient (Wildman–Crippen LogP) is 2.78. The topological polar surface area (TPSA) is 32.8 Å². The monoisotopic (exact) mass is 296 g/mol. The van der Waals surface area contributed by atoms with Crippen molar-refractivity contribution < 1.29 is 18.3 Å². The summed E-state index contributed by atoms with van der Waals surface area (Å²) in [5.74, 6) is -1.87. The molecule has 0 aliphatic carbocycles. The first-order valence-electron chi connectivity index (χ1n) is 7.12. The molecule has 114 valence electrons. The van der Waals surface area contributed by atoms with Crippen molar-refractivity contribution in [2.24, 2.45) is 0 Å². The lowest BCUT2D eigenvalue weighted by atomic mass is 9.82. The van der Waals surface area contributed by atoms with Crippen LogP contribution < -0.4 is 4.90 Å². The Labute approximate surface area is 122 Å². The van der Waals surface area contributed by atoms with Crippen molar-refractivity contribution in [2.45, 2.75) is 24.8 Å². The third-order valence-corrected chi connectivity index (χ3v) is 4.53. The minimum absolute atomic E-state index is 0.355. The maximum Gasteiger partial charge on any atom is 0.414 e. The molecule has 0 unspecified atom stereocenters. The van der Waals surface area contributed by atoms with Gasteiger partial charge in [0.05, 0.1) is 17.8 Å². The van der Waals surface area contributed by atoms with Gasteiger partial charge >= 0.3 is 6.09 Å². The van der Waals surface area contributed by atoms with E-state index in [0.29, 0.717) is 18.7 Å². The van der Waals surface area contributed by atoms with Crippen molar-refractivity contribution in [2.75, 3.05) is 31.6 Å². The van der Waals surface area contributed by atoms with Crippen molar-refractivity contribution in [1.29, 1.82) is 0 Å². The minimum atomic E-state index is -0.950. The van der Waals surface area contributed by atoms with Crippen LogP contribution in [-0.4, -0.2) is 43.3 Å². The number of nitrogens with zero attached hydrogens (tertiary/aromatic N) is 2. The molecular formula is C15H18F2N2O2. The minimum Gasteiger partial charge on any atom is -0.449 e. The molecule has 0 N–H and O–H groups in total. The number of hydrogen-bond acceptors (Lipinski definition) is 3. The first-order valence-corrected chi connectivity index (χ1v) is 7.12. The van der Waals surface area contributed by atoms with Crippen molar-refractivity contribution in [1.82, 2.24) is 4.90 Å². The number of cyclic esters (lactones) is 1. The molecule has 2 heterocycles. The number of carbonyl (C=O) groups excluding carboxylic acids is 1. The molecule has 0 saturated carbocycles. The molecule has 6 heteroatoms. The van der Waals surface area contributed by atoms with Gasteiger partial charge in [-0.15, -0.1) is 0 Å². The zero-order chi connectivity index (χ0) is 15.0. The number of halogens is 2. The van der Waals surface area contributed by atoms with Crippen LogP contribution in [0.4, 0.5) is 19.3 Å². The lowest BCUT2D eigenvalue weighted by molar-refractivity contribution is 0.0791. The normalized spacial score (nSPS) is 22.4. The fourth-order valence-electron chi connectivity index (χ4n) is 3.21. The van der Waals surface area contributed by atoms with E-state index in [1.807, 2.05) is 7.05 Å². The van der Waals surface area contributed by atoms with Crippen LogP contribution in [0.2, 0.25) is 0 Å². The van der Waals surface area contributed by atoms with Crippen LogP contribution in [0.5, 0.6) is 0 Å². The second-order valence-corrected chi connectivity index (χ2v) is 5.83. The molecule has 3 rings (SSSR count). The molecule has 0 radical (unpaired) electrons. The van der Waals surface area contributed by atoms with E-state index in [9.17, 15) is 13.6 Å². The molecular weight excluding hydrogens is 278 g/mol. The SMILES string of the molecule is CN1CCC2(CCOC(=O)N2c2ccc(F)c(F)c2)CC1. The molecule has 2 aliphatic heterocycles. The third-order valence-electron chi connectivity index (χ3n) is 4.53. The Morgan fingerprint density at radius 1 is 1.14 bits per heavy atom. The lowest BCUT2D eigenvalue weighted by Crippen LogP contribution is -2.60. The smallest absolute Gasteiger partial charge is 0.414 e. The molecule has 21 heavy (non-hydrogen) atoms. The molecule has 1 aromatic carbocycles. The first-order chi connectivity index (χ1) is 10.0. The molecule has 1 amide bonds. The van der Waals surface area contributed by atoms with E-state index in [-0.39, 0.29) is 5.54 Å². The maximum absolute atomic E-state index is 13.5. The largest absolute Gasteiger partial charge is 0.449 e. The Morgan fingerprint density at radius 2 is 1.86 bits per heavy atom. The number of rotatable bonds is 1. The fourth-order valence-corrected chi connectivity index (χ4v) is 3.21. The first kappa shape index (κ1) is 14.3. The van der Waals surface area contributed by atoms with Crippen molar-refractivity contribution in [3.8, 4) is 0 Å². The van der Waals surface area contributed by atoms with Crippen LogP contribution >= 0.6 is 0 Å². The Hall–Kier alpha value is -1.69.